The van der Waals surface area contributed by atoms with Gasteiger partial charge in [-0.2, -0.15) is 25.3 Å². The first-order valence-corrected chi connectivity index (χ1v) is 12.6. The van der Waals surface area contributed by atoms with Crippen molar-refractivity contribution in [3.05, 3.63) is 0 Å². The number of unbranched alkanes of at least 4 members (excludes halogenated alkanes) is 2. The summed E-state index contributed by atoms with van der Waals surface area (Å²) in [6, 6.07) is 0. The van der Waals surface area contributed by atoms with Crippen LogP contribution in [0.5, 0.6) is 0 Å². The fourth-order valence-corrected chi connectivity index (χ4v) is 5.46. The van der Waals surface area contributed by atoms with Gasteiger partial charge in [-0.15, -0.1) is 0 Å². The van der Waals surface area contributed by atoms with Gasteiger partial charge < -0.3 is 10.2 Å². The number of carboxylic acid groups (broad SMARTS) is 2. The van der Waals surface area contributed by atoms with E-state index >= 15 is 0 Å². The Balaban J connectivity index is -0.000000240. The van der Waals surface area contributed by atoms with E-state index in [1.165, 1.54) is 25.7 Å². The third-order valence-corrected chi connectivity index (χ3v) is 6.55. The number of thiol groups is 2. The minimum absolute atomic E-state index is 0.149. The molecule has 0 amide bonds. The summed E-state index contributed by atoms with van der Waals surface area (Å²) in [5.41, 5.74) is 0. The maximum atomic E-state index is 9.55. The molecule has 0 fully saturated rings. The molecular weight excluding hydrogens is 415 g/mol. The first kappa shape index (κ1) is 26.3. The van der Waals surface area contributed by atoms with Gasteiger partial charge in [0.15, 0.2) is 0 Å². The van der Waals surface area contributed by atoms with E-state index in [0.29, 0.717) is 11.5 Å². The van der Waals surface area contributed by atoms with E-state index in [1.807, 2.05) is 0 Å². The third-order valence-electron chi connectivity index (χ3n) is 2.07. The number of carboxylic acids is 2. The van der Waals surface area contributed by atoms with Crippen LogP contribution < -0.4 is 0 Å². The van der Waals surface area contributed by atoms with Crippen LogP contribution in [0.15, 0.2) is 0 Å². The molecule has 0 rings (SSSR count). The smallest absolute Gasteiger partial charge is 0.304 e. The van der Waals surface area contributed by atoms with Crippen molar-refractivity contribution in [3.63, 3.8) is 0 Å². The van der Waals surface area contributed by atoms with Crippen LogP contribution in [-0.2, 0) is 9.59 Å². The molecule has 126 valence electrons. The molecule has 0 spiro atoms. The van der Waals surface area contributed by atoms with E-state index in [0.717, 1.165) is 0 Å². The minimum Gasteiger partial charge on any atom is -0.481 e. The summed E-state index contributed by atoms with van der Waals surface area (Å²) in [5, 5.41) is 15.7. The maximum absolute atomic E-state index is 9.55. The normalized spacial score (nSPS) is 8.95. The molecule has 4 nitrogen and oxygen atoms in total. The van der Waals surface area contributed by atoms with Crippen LogP contribution in [0, 0.1) is 0 Å². The molecule has 0 unspecified atom stereocenters. The van der Waals surface area contributed by atoms with Gasteiger partial charge in [0.05, 0.1) is 12.8 Å². The summed E-state index contributed by atoms with van der Waals surface area (Å²) in [6.45, 7) is 4.58. The number of hydrogen-bond donors (Lipinski definition) is 4. The van der Waals surface area contributed by atoms with Gasteiger partial charge in [0.1, 0.15) is 0 Å². The molecule has 2 N–H and O–H groups in total. The second-order valence-electron chi connectivity index (χ2n) is 4.19. The molecule has 0 atom stereocenters. The Kier molecular flexibility index (Phi) is 31.9. The van der Waals surface area contributed by atoms with Crippen molar-refractivity contribution in [1.82, 2.24) is 0 Å². The van der Waals surface area contributed by atoms with Crippen LogP contribution in [0.25, 0.3) is 0 Å². The summed E-state index contributed by atoms with van der Waals surface area (Å²) in [7, 11) is 0. The van der Waals surface area contributed by atoms with E-state index in [1.54, 1.807) is 8.87 Å². The van der Waals surface area contributed by atoms with Gasteiger partial charge in [0.25, 0.3) is 0 Å². The predicted octanol–water partition coefficient (Wildman–Crippen LogP) is 3.91. The summed E-state index contributed by atoms with van der Waals surface area (Å²) in [4.78, 5) is 19.1. The second-order valence-corrected chi connectivity index (χ2v) is 9.37. The van der Waals surface area contributed by atoms with Crippen molar-refractivity contribution in [2.24, 2.45) is 0 Å². The van der Waals surface area contributed by atoms with Crippen molar-refractivity contribution in [1.29, 1.82) is 0 Å². The standard InChI is InChI=1S/2C4H9.2C3H6O2S.Sn/c2*1-3-4-2;2*4-3(5)1-2-6;/h2*1,3-4H2,2H3;2*6H,1-2H2,(H,4,5);. The topological polar surface area (TPSA) is 74.6 Å². The molecule has 0 saturated carbocycles. The van der Waals surface area contributed by atoms with Crippen molar-refractivity contribution >= 4 is 58.3 Å². The molecule has 7 heteroatoms. The Morgan fingerprint density at radius 2 is 1.19 bits per heavy atom. The number of rotatable bonds is 10. The summed E-state index contributed by atoms with van der Waals surface area (Å²) in [6.07, 6.45) is 6.15. The summed E-state index contributed by atoms with van der Waals surface area (Å²) >= 11 is 7.51. The minimum atomic E-state index is -0.787. The van der Waals surface area contributed by atoms with Gasteiger partial charge in [-0.3, -0.25) is 9.59 Å². The Morgan fingerprint density at radius 1 is 0.857 bits per heavy atom. The van der Waals surface area contributed by atoms with E-state index in [4.69, 9.17) is 10.2 Å². The molecule has 21 heavy (non-hydrogen) atoms. The Labute approximate surface area is 150 Å². The molecule has 0 aliphatic carbocycles. The van der Waals surface area contributed by atoms with E-state index in [2.05, 4.69) is 39.1 Å². The zero-order valence-corrected chi connectivity index (χ0v) is 17.8. The van der Waals surface area contributed by atoms with E-state index in [-0.39, 0.29) is 34.0 Å². The van der Waals surface area contributed by atoms with Gasteiger partial charge in [-0.05, 0) is 0 Å². The van der Waals surface area contributed by atoms with Crippen molar-refractivity contribution in [2.75, 3.05) is 11.5 Å². The average molecular weight is 445 g/mol. The molecule has 0 aromatic heterocycles. The van der Waals surface area contributed by atoms with Gasteiger partial charge in [0.2, 0.25) is 0 Å². The Morgan fingerprint density at radius 3 is 1.33 bits per heavy atom. The average Bonchev–Trinajstić information content (AvgIpc) is 2.40. The molecule has 0 aliphatic heterocycles. The van der Waals surface area contributed by atoms with Gasteiger partial charge in [-0.25, -0.2) is 0 Å². The molecule has 0 aliphatic rings. The number of aliphatic carboxylic acids is 2. The number of carbonyl (C=O) groups is 2. The molecule has 2 radical (unpaired) electrons. The first-order chi connectivity index (χ1) is 9.95. The number of hydrogen-bond acceptors (Lipinski definition) is 4. The zero-order chi connectivity index (χ0) is 16.9. The van der Waals surface area contributed by atoms with Crippen molar-refractivity contribution in [3.8, 4) is 0 Å². The summed E-state index contributed by atoms with van der Waals surface area (Å²) in [5.74, 6) is -0.722. The van der Waals surface area contributed by atoms with Crippen LogP contribution in [0.3, 0.4) is 0 Å². The van der Waals surface area contributed by atoms with Crippen LogP contribution in [0.1, 0.15) is 52.4 Å². The van der Waals surface area contributed by atoms with E-state index < -0.39 is 11.9 Å². The van der Waals surface area contributed by atoms with Crippen LogP contribution in [0.4, 0.5) is 0 Å². The Hall–Kier alpha value is 0.439. The molecule has 0 bridgehead atoms. The van der Waals surface area contributed by atoms with Gasteiger partial charge in [-0.1, -0.05) is 0 Å². The fraction of sp³-hybridized carbons (Fsp3) is 0.857. The fourth-order valence-electron chi connectivity index (χ4n) is 0.920. The molecule has 0 saturated heterocycles. The first-order valence-electron chi connectivity index (χ1n) is 7.32. The second kappa shape index (κ2) is 25.4. The van der Waals surface area contributed by atoms with E-state index in [9.17, 15) is 9.59 Å². The molecule has 0 heterocycles. The SMILES string of the molecule is CCC[CH2][Sn][CH2]CCC.O=C(O)CCS.O=C(O)CCS. The monoisotopic (exact) mass is 446 g/mol. The quantitative estimate of drug-likeness (QED) is 0.234. The van der Waals surface area contributed by atoms with Crippen molar-refractivity contribution < 1.29 is 19.8 Å². The zero-order valence-electron chi connectivity index (χ0n) is 13.2. The Bertz CT molecular complexity index is 207. The summed E-state index contributed by atoms with van der Waals surface area (Å²) < 4.78 is 3.25. The van der Waals surface area contributed by atoms with Crippen LogP contribution in [0.2, 0.25) is 8.87 Å². The molecule has 0 aromatic carbocycles. The van der Waals surface area contributed by atoms with Crippen LogP contribution >= 0.6 is 25.3 Å². The van der Waals surface area contributed by atoms with Crippen LogP contribution in [-0.4, -0.2) is 54.8 Å². The van der Waals surface area contributed by atoms with Gasteiger partial charge in [0, 0.05) is 11.5 Å². The van der Waals surface area contributed by atoms with Crippen molar-refractivity contribution in [2.45, 2.75) is 61.2 Å². The van der Waals surface area contributed by atoms with Gasteiger partial charge >= 0.3 is 81.5 Å². The maximum Gasteiger partial charge on any atom is 0.304 e. The molecule has 0 aromatic rings. The predicted molar refractivity (Wildman–Crippen MR) is 97.4 cm³/mol. The third kappa shape index (κ3) is 44.9. The molecular formula is C14H30O4S2Sn. The largest absolute Gasteiger partial charge is 0.481 e.